The SMILES string of the molecule is CC1=NC(c2ccccc2)c2c(cc[nH]c2=O)N1. The van der Waals surface area contributed by atoms with Crippen molar-refractivity contribution in [3.8, 4) is 0 Å². The largest absolute Gasteiger partial charge is 0.344 e. The Hall–Kier alpha value is -2.36. The highest BCUT2D eigenvalue weighted by molar-refractivity contribution is 5.96. The summed E-state index contributed by atoms with van der Waals surface area (Å²) in [5.74, 6) is 0.821. The van der Waals surface area contributed by atoms with Crippen molar-refractivity contribution in [3.05, 3.63) is 64.1 Å². The third-order valence-corrected chi connectivity index (χ3v) is 3.03. The van der Waals surface area contributed by atoms with Gasteiger partial charge in [0.15, 0.2) is 0 Å². The molecule has 2 N–H and O–H groups in total. The highest BCUT2D eigenvalue weighted by Crippen LogP contribution is 2.31. The van der Waals surface area contributed by atoms with Crippen LogP contribution in [0.25, 0.3) is 0 Å². The van der Waals surface area contributed by atoms with Gasteiger partial charge in [-0.1, -0.05) is 30.3 Å². The monoisotopic (exact) mass is 239 g/mol. The van der Waals surface area contributed by atoms with Gasteiger partial charge in [0.25, 0.3) is 5.56 Å². The van der Waals surface area contributed by atoms with Crippen LogP contribution >= 0.6 is 0 Å². The predicted octanol–water partition coefficient (Wildman–Crippen LogP) is 2.31. The molecular formula is C14H13N3O. The van der Waals surface area contributed by atoms with Crippen LogP contribution < -0.4 is 10.9 Å². The van der Waals surface area contributed by atoms with E-state index >= 15 is 0 Å². The molecule has 1 aliphatic heterocycles. The number of aliphatic imine (C=N–C) groups is 1. The van der Waals surface area contributed by atoms with Gasteiger partial charge < -0.3 is 10.3 Å². The molecule has 4 nitrogen and oxygen atoms in total. The van der Waals surface area contributed by atoms with Gasteiger partial charge in [-0.25, -0.2) is 0 Å². The predicted molar refractivity (Wildman–Crippen MR) is 72.1 cm³/mol. The van der Waals surface area contributed by atoms with E-state index in [-0.39, 0.29) is 11.6 Å². The molecule has 0 saturated heterocycles. The quantitative estimate of drug-likeness (QED) is 0.802. The molecular weight excluding hydrogens is 226 g/mol. The van der Waals surface area contributed by atoms with E-state index in [9.17, 15) is 4.79 Å². The minimum absolute atomic E-state index is 0.0925. The lowest BCUT2D eigenvalue weighted by Gasteiger charge is -2.23. The molecule has 0 aliphatic carbocycles. The van der Waals surface area contributed by atoms with Crippen LogP contribution in [0.15, 0.2) is 52.4 Å². The normalized spacial score (nSPS) is 17.6. The van der Waals surface area contributed by atoms with Gasteiger partial charge >= 0.3 is 0 Å². The lowest BCUT2D eigenvalue weighted by molar-refractivity contribution is 0.840. The summed E-state index contributed by atoms with van der Waals surface area (Å²) >= 11 is 0. The summed E-state index contributed by atoms with van der Waals surface area (Å²) in [5, 5.41) is 3.13. The number of rotatable bonds is 1. The minimum atomic E-state index is -0.229. The molecule has 1 atom stereocenters. The Morgan fingerprint density at radius 2 is 1.94 bits per heavy atom. The second-order valence-corrected chi connectivity index (χ2v) is 4.29. The van der Waals surface area contributed by atoms with E-state index in [1.165, 1.54) is 0 Å². The first-order valence-electron chi connectivity index (χ1n) is 5.83. The first-order valence-corrected chi connectivity index (χ1v) is 5.83. The summed E-state index contributed by atoms with van der Waals surface area (Å²) in [4.78, 5) is 19.2. The summed E-state index contributed by atoms with van der Waals surface area (Å²) in [6, 6.07) is 11.5. The number of anilines is 1. The zero-order valence-electron chi connectivity index (χ0n) is 9.97. The van der Waals surface area contributed by atoms with Crippen LogP contribution in [0.4, 0.5) is 5.69 Å². The number of H-pyrrole nitrogens is 1. The molecule has 4 heteroatoms. The molecule has 0 amide bonds. The number of nitrogens with zero attached hydrogens (tertiary/aromatic N) is 1. The topological polar surface area (TPSA) is 57.2 Å². The molecule has 1 aromatic heterocycles. The number of aromatic nitrogens is 1. The highest BCUT2D eigenvalue weighted by atomic mass is 16.1. The fourth-order valence-electron chi connectivity index (χ4n) is 2.23. The van der Waals surface area contributed by atoms with Crippen LogP contribution in [0.3, 0.4) is 0 Å². The Kier molecular flexibility index (Phi) is 2.48. The third kappa shape index (κ3) is 1.72. The Labute approximate surface area is 104 Å². The van der Waals surface area contributed by atoms with E-state index in [0.29, 0.717) is 5.56 Å². The van der Waals surface area contributed by atoms with Gasteiger partial charge in [0.05, 0.1) is 17.1 Å². The average Bonchev–Trinajstić information content (AvgIpc) is 2.39. The smallest absolute Gasteiger partial charge is 0.255 e. The maximum Gasteiger partial charge on any atom is 0.255 e. The van der Waals surface area contributed by atoms with E-state index in [2.05, 4.69) is 15.3 Å². The number of hydrogen-bond donors (Lipinski definition) is 2. The molecule has 0 bridgehead atoms. The van der Waals surface area contributed by atoms with Crippen molar-refractivity contribution in [1.29, 1.82) is 0 Å². The summed E-state index contributed by atoms with van der Waals surface area (Å²) in [6.45, 7) is 1.90. The molecule has 2 heterocycles. The third-order valence-electron chi connectivity index (χ3n) is 3.03. The lowest BCUT2D eigenvalue weighted by Crippen LogP contribution is -2.25. The number of pyridine rings is 1. The summed E-state index contributed by atoms with van der Waals surface area (Å²) in [7, 11) is 0. The first-order chi connectivity index (χ1) is 8.75. The van der Waals surface area contributed by atoms with Crippen LogP contribution in [0.2, 0.25) is 0 Å². The van der Waals surface area contributed by atoms with E-state index in [1.807, 2.05) is 43.3 Å². The first kappa shape index (κ1) is 10.8. The van der Waals surface area contributed by atoms with Crippen molar-refractivity contribution in [1.82, 2.24) is 4.98 Å². The van der Waals surface area contributed by atoms with Gasteiger partial charge in [0.2, 0.25) is 0 Å². The van der Waals surface area contributed by atoms with Crippen molar-refractivity contribution in [2.45, 2.75) is 13.0 Å². The van der Waals surface area contributed by atoms with Gasteiger partial charge in [0.1, 0.15) is 6.04 Å². The number of amidine groups is 1. The fourth-order valence-corrected chi connectivity index (χ4v) is 2.23. The van der Waals surface area contributed by atoms with E-state index in [0.717, 1.165) is 17.1 Å². The lowest BCUT2D eigenvalue weighted by atomic mass is 9.97. The molecule has 0 spiro atoms. The van der Waals surface area contributed by atoms with Crippen molar-refractivity contribution < 1.29 is 0 Å². The summed E-state index contributed by atoms with van der Waals surface area (Å²) in [5.41, 5.74) is 2.44. The van der Waals surface area contributed by atoms with E-state index in [1.54, 1.807) is 6.20 Å². The van der Waals surface area contributed by atoms with Crippen LogP contribution in [0.5, 0.6) is 0 Å². The van der Waals surface area contributed by atoms with Gasteiger partial charge in [-0.2, -0.15) is 0 Å². The number of fused-ring (bicyclic) bond motifs is 1. The van der Waals surface area contributed by atoms with Crippen LogP contribution in [-0.2, 0) is 0 Å². The van der Waals surface area contributed by atoms with Crippen molar-refractivity contribution >= 4 is 11.5 Å². The van der Waals surface area contributed by atoms with Crippen molar-refractivity contribution in [2.75, 3.05) is 5.32 Å². The number of nitrogens with one attached hydrogen (secondary N) is 2. The highest BCUT2D eigenvalue weighted by Gasteiger charge is 2.24. The number of hydrogen-bond acceptors (Lipinski definition) is 3. The summed E-state index contributed by atoms with van der Waals surface area (Å²) < 4.78 is 0. The van der Waals surface area contributed by atoms with Crippen molar-refractivity contribution in [2.24, 2.45) is 4.99 Å². The molecule has 0 fully saturated rings. The molecule has 0 radical (unpaired) electrons. The standard InChI is InChI=1S/C14H13N3O/c1-9-16-11-7-8-15-14(18)12(11)13(17-9)10-5-3-2-4-6-10/h2-8,13H,1H3,(H,15,18)(H,16,17). The number of benzene rings is 1. The summed E-state index contributed by atoms with van der Waals surface area (Å²) in [6.07, 6.45) is 1.65. The maximum atomic E-state index is 12.0. The molecule has 1 unspecified atom stereocenters. The Morgan fingerprint density at radius 3 is 2.72 bits per heavy atom. The van der Waals surface area contributed by atoms with Crippen molar-refractivity contribution in [3.63, 3.8) is 0 Å². The van der Waals surface area contributed by atoms with Gasteiger partial charge in [0, 0.05) is 6.20 Å². The number of aromatic amines is 1. The molecule has 18 heavy (non-hydrogen) atoms. The van der Waals surface area contributed by atoms with Crippen LogP contribution in [-0.4, -0.2) is 10.8 Å². The van der Waals surface area contributed by atoms with Gasteiger partial charge in [-0.15, -0.1) is 0 Å². The molecule has 3 rings (SSSR count). The van der Waals surface area contributed by atoms with E-state index < -0.39 is 0 Å². The molecule has 2 aromatic rings. The molecule has 90 valence electrons. The molecule has 1 aromatic carbocycles. The second-order valence-electron chi connectivity index (χ2n) is 4.29. The fraction of sp³-hybridized carbons (Fsp3) is 0.143. The zero-order valence-corrected chi connectivity index (χ0v) is 9.97. The minimum Gasteiger partial charge on any atom is -0.344 e. The van der Waals surface area contributed by atoms with Crippen LogP contribution in [0, 0.1) is 0 Å². The van der Waals surface area contributed by atoms with Crippen LogP contribution in [0.1, 0.15) is 24.1 Å². The zero-order chi connectivity index (χ0) is 12.5. The molecule has 1 aliphatic rings. The second kappa shape index (κ2) is 4.14. The Bertz CT molecular complexity index is 658. The Morgan fingerprint density at radius 1 is 1.17 bits per heavy atom. The van der Waals surface area contributed by atoms with Gasteiger partial charge in [-0.05, 0) is 18.6 Å². The molecule has 0 saturated carbocycles. The Balaban J connectivity index is 2.21. The van der Waals surface area contributed by atoms with Gasteiger partial charge in [-0.3, -0.25) is 9.79 Å². The maximum absolute atomic E-state index is 12.0. The van der Waals surface area contributed by atoms with E-state index in [4.69, 9.17) is 0 Å². The average molecular weight is 239 g/mol.